The molecule has 0 fully saturated rings. The average molecular weight is 441 g/mol. The van der Waals surface area contributed by atoms with E-state index < -0.39 is 11.4 Å². The molecule has 0 atom stereocenters. The number of carboxylic acid groups (broad SMARTS) is 1. The van der Waals surface area contributed by atoms with E-state index in [1.54, 1.807) is 25.2 Å². The summed E-state index contributed by atoms with van der Waals surface area (Å²) in [6.45, 7) is 7.36. The summed E-state index contributed by atoms with van der Waals surface area (Å²) < 4.78 is 2.23. The maximum absolute atomic E-state index is 12.9. The smallest absolute Gasteiger partial charge is 0.309 e. The molecule has 4 rings (SSSR count). The molecule has 0 aliphatic carbocycles. The number of aryl methyl sites for hydroxylation is 1. The lowest BCUT2D eigenvalue weighted by molar-refractivity contribution is -0.147. The molecule has 4 heterocycles. The van der Waals surface area contributed by atoms with Crippen molar-refractivity contribution < 1.29 is 14.7 Å². The van der Waals surface area contributed by atoms with Crippen molar-refractivity contribution in [3.63, 3.8) is 0 Å². The number of hydrogen-bond donors (Lipinski definition) is 1. The van der Waals surface area contributed by atoms with Crippen LogP contribution in [0.15, 0.2) is 24.5 Å². The highest BCUT2D eigenvalue weighted by Gasteiger charge is 2.29. The molecule has 1 amide bonds. The van der Waals surface area contributed by atoms with E-state index in [2.05, 4.69) is 20.6 Å². The zero-order chi connectivity index (χ0) is 22.2. The molecule has 1 aliphatic heterocycles. The van der Waals surface area contributed by atoms with Crippen LogP contribution in [0, 0.1) is 12.3 Å². The molecule has 0 unspecified atom stereocenters. The molecule has 0 bridgehead atoms. The van der Waals surface area contributed by atoms with Crippen molar-refractivity contribution >= 4 is 34.2 Å². The monoisotopic (exact) mass is 440 g/mol. The molecular formula is C23H28N4O3S. The van der Waals surface area contributed by atoms with E-state index in [1.807, 2.05) is 30.3 Å². The van der Waals surface area contributed by atoms with Crippen LogP contribution in [0.5, 0.6) is 0 Å². The third kappa shape index (κ3) is 4.35. The summed E-state index contributed by atoms with van der Waals surface area (Å²) >= 11 is 1.68. The highest BCUT2D eigenvalue weighted by molar-refractivity contribution is 7.11. The standard InChI is InChI=1S/C23H28N4O3S/c1-15-25-12-16(31-15)13-27-19-14-26(20(28)7-4-9-23(2,3)22(29)30)11-8-17(19)18-6-5-10-24-21(18)27/h5-6,10,12H,4,7-9,11,13-14H2,1-3H3,(H,29,30). The van der Waals surface area contributed by atoms with Gasteiger partial charge in [-0.3, -0.25) is 9.59 Å². The largest absolute Gasteiger partial charge is 0.481 e. The number of carbonyl (C=O) groups excluding carboxylic acids is 1. The second-order valence-corrected chi connectivity index (χ2v) is 10.2. The molecule has 3 aromatic heterocycles. The minimum Gasteiger partial charge on any atom is -0.481 e. The molecule has 0 aromatic carbocycles. The van der Waals surface area contributed by atoms with Crippen LogP contribution < -0.4 is 0 Å². The minimum absolute atomic E-state index is 0.0882. The van der Waals surface area contributed by atoms with Gasteiger partial charge in [-0.2, -0.15) is 0 Å². The predicted octanol–water partition coefficient (Wildman–Crippen LogP) is 4.02. The number of nitrogens with zero attached hydrogens (tertiary/aromatic N) is 4. The number of pyridine rings is 1. The molecular weight excluding hydrogens is 412 g/mol. The Balaban J connectivity index is 1.54. The summed E-state index contributed by atoms with van der Waals surface area (Å²) in [6, 6.07) is 4.08. The second-order valence-electron chi connectivity index (χ2n) is 8.84. The molecule has 3 aromatic rings. The summed E-state index contributed by atoms with van der Waals surface area (Å²) in [7, 11) is 0. The number of amides is 1. The topological polar surface area (TPSA) is 88.3 Å². The Morgan fingerprint density at radius 1 is 1.29 bits per heavy atom. The maximum atomic E-state index is 12.9. The Bertz CT molecular complexity index is 1130. The van der Waals surface area contributed by atoms with E-state index >= 15 is 0 Å². The molecule has 31 heavy (non-hydrogen) atoms. The molecule has 7 nitrogen and oxygen atoms in total. The molecule has 164 valence electrons. The summed E-state index contributed by atoms with van der Waals surface area (Å²) in [5.74, 6) is -0.733. The number of hydrogen-bond acceptors (Lipinski definition) is 5. The van der Waals surface area contributed by atoms with E-state index in [0.717, 1.165) is 28.2 Å². The van der Waals surface area contributed by atoms with Gasteiger partial charge in [0, 0.05) is 41.3 Å². The van der Waals surface area contributed by atoms with E-state index in [0.29, 0.717) is 38.9 Å². The molecule has 0 saturated carbocycles. The summed E-state index contributed by atoms with van der Waals surface area (Å²) in [4.78, 5) is 36.3. The van der Waals surface area contributed by atoms with Crippen molar-refractivity contribution in [3.05, 3.63) is 45.7 Å². The van der Waals surface area contributed by atoms with Gasteiger partial charge in [0.05, 0.1) is 23.5 Å². The third-order valence-electron chi connectivity index (χ3n) is 6.12. The first-order valence-electron chi connectivity index (χ1n) is 10.6. The maximum Gasteiger partial charge on any atom is 0.309 e. The van der Waals surface area contributed by atoms with Crippen LogP contribution in [0.4, 0.5) is 0 Å². The molecule has 8 heteroatoms. The first-order chi connectivity index (χ1) is 14.8. The van der Waals surface area contributed by atoms with Gasteiger partial charge in [-0.25, -0.2) is 9.97 Å². The fourth-order valence-electron chi connectivity index (χ4n) is 4.22. The Labute approximate surface area is 185 Å². The Morgan fingerprint density at radius 3 is 2.81 bits per heavy atom. The van der Waals surface area contributed by atoms with Crippen LogP contribution in [-0.4, -0.2) is 43.0 Å². The second kappa shape index (κ2) is 8.42. The van der Waals surface area contributed by atoms with Crippen molar-refractivity contribution in [2.75, 3.05) is 6.54 Å². The third-order valence-corrected chi connectivity index (χ3v) is 7.02. The number of thiazole rings is 1. The van der Waals surface area contributed by atoms with Gasteiger partial charge in [0.2, 0.25) is 5.91 Å². The summed E-state index contributed by atoms with van der Waals surface area (Å²) in [5.41, 5.74) is 2.57. The number of aliphatic carboxylic acids is 1. The molecule has 0 saturated heterocycles. The molecule has 1 aliphatic rings. The van der Waals surface area contributed by atoms with Crippen LogP contribution in [0.25, 0.3) is 11.0 Å². The highest BCUT2D eigenvalue weighted by atomic mass is 32.1. The zero-order valence-electron chi connectivity index (χ0n) is 18.2. The Hall–Kier alpha value is -2.74. The minimum atomic E-state index is -0.821. The van der Waals surface area contributed by atoms with Crippen molar-refractivity contribution in [3.8, 4) is 0 Å². The van der Waals surface area contributed by atoms with E-state index in [-0.39, 0.29) is 5.91 Å². The summed E-state index contributed by atoms with van der Waals surface area (Å²) in [5, 5.41) is 11.5. The normalized spacial score (nSPS) is 14.1. The summed E-state index contributed by atoms with van der Waals surface area (Å²) in [6.07, 6.45) is 5.97. The van der Waals surface area contributed by atoms with Crippen LogP contribution in [-0.2, 0) is 29.1 Å². The van der Waals surface area contributed by atoms with Crippen molar-refractivity contribution in [1.82, 2.24) is 19.4 Å². The van der Waals surface area contributed by atoms with Gasteiger partial charge >= 0.3 is 5.97 Å². The number of carbonyl (C=O) groups is 2. The number of carboxylic acids is 1. The lowest BCUT2D eigenvalue weighted by atomic mass is 9.87. The fraction of sp³-hybridized carbons (Fsp3) is 0.478. The van der Waals surface area contributed by atoms with Gasteiger partial charge in [0.25, 0.3) is 0 Å². The van der Waals surface area contributed by atoms with Gasteiger partial charge in [-0.15, -0.1) is 11.3 Å². The van der Waals surface area contributed by atoms with E-state index in [9.17, 15) is 14.7 Å². The Morgan fingerprint density at radius 2 is 2.10 bits per heavy atom. The van der Waals surface area contributed by atoms with Crippen LogP contribution in [0.2, 0.25) is 0 Å². The molecule has 0 radical (unpaired) electrons. The first kappa shape index (κ1) is 21.5. The zero-order valence-corrected chi connectivity index (χ0v) is 19.0. The van der Waals surface area contributed by atoms with Gasteiger partial charge in [-0.1, -0.05) is 0 Å². The van der Waals surface area contributed by atoms with Gasteiger partial charge in [0.15, 0.2) is 0 Å². The molecule has 1 N–H and O–H groups in total. The first-order valence-corrected chi connectivity index (χ1v) is 11.5. The fourth-order valence-corrected chi connectivity index (χ4v) is 5.01. The van der Waals surface area contributed by atoms with Gasteiger partial charge < -0.3 is 14.6 Å². The number of rotatable bonds is 7. The predicted molar refractivity (Wildman–Crippen MR) is 120 cm³/mol. The SMILES string of the molecule is Cc1ncc(Cn2c3c(c4cccnc42)CCN(C(=O)CCCC(C)(C)C(=O)O)C3)s1. The van der Waals surface area contributed by atoms with Crippen molar-refractivity contribution in [1.29, 1.82) is 0 Å². The average Bonchev–Trinajstić information content (AvgIpc) is 3.29. The Kier molecular flexibility index (Phi) is 5.83. The van der Waals surface area contributed by atoms with Crippen LogP contribution in [0.3, 0.4) is 0 Å². The number of aromatic nitrogens is 3. The highest BCUT2D eigenvalue weighted by Crippen LogP contribution is 2.32. The van der Waals surface area contributed by atoms with E-state index in [1.165, 1.54) is 10.4 Å². The quantitative estimate of drug-likeness (QED) is 0.600. The van der Waals surface area contributed by atoms with Crippen molar-refractivity contribution in [2.24, 2.45) is 5.41 Å². The van der Waals surface area contributed by atoms with Crippen LogP contribution >= 0.6 is 11.3 Å². The number of fused-ring (bicyclic) bond motifs is 3. The van der Waals surface area contributed by atoms with Gasteiger partial charge in [-0.05, 0) is 57.7 Å². The lowest BCUT2D eigenvalue weighted by Crippen LogP contribution is -2.36. The molecule has 0 spiro atoms. The lowest BCUT2D eigenvalue weighted by Gasteiger charge is -2.29. The van der Waals surface area contributed by atoms with Crippen molar-refractivity contribution in [2.45, 2.75) is 59.5 Å². The van der Waals surface area contributed by atoms with Crippen LogP contribution in [0.1, 0.15) is 54.3 Å². The van der Waals surface area contributed by atoms with Gasteiger partial charge in [0.1, 0.15) is 5.65 Å². The van der Waals surface area contributed by atoms with E-state index in [4.69, 9.17) is 0 Å².